The normalized spacial score (nSPS) is 17.6. The molecule has 1 aliphatic heterocycles. The molecule has 0 bridgehead atoms. The summed E-state index contributed by atoms with van der Waals surface area (Å²) in [6.07, 6.45) is 11.5. The summed E-state index contributed by atoms with van der Waals surface area (Å²) in [7, 11) is 3.48. The number of imidazole rings is 2. The number of alkyl halides is 1. The van der Waals surface area contributed by atoms with Gasteiger partial charge in [0, 0.05) is 50.8 Å². The molecule has 8 rings (SSSR count). The van der Waals surface area contributed by atoms with Crippen molar-refractivity contribution >= 4 is 46.0 Å². The Balaban J connectivity index is 0.783. The van der Waals surface area contributed by atoms with E-state index in [1.807, 2.05) is 42.6 Å². The zero-order valence-corrected chi connectivity index (χ0v) is 32.9. The minimum absolute atomic E-state index is 0.145. The molecule has 6 aromatic rings. The highest BCUT2D eigenvalue weighted by atomic mass is 19.1. The van der Waals surface area contributed by atoms with Crippen molar-refractivity contribution in [1.82, 2.24) is 49.5 Å². The number of carbonyl (C=O) groups is 4. The number of aromatic nitrogens is 7. The van der Waals surface area contributed by atoms with Gasteiger partial charge in [0.25, 0.3) is 11.8 Å². The van der Waals surface area contributed by atoms with Crippen molar-refractivity contribution in [3.63, 3.8) is 0 Å². The highest BCUT2D eigenvalue weighted by molar-refractivity contribution is 6.00. The zero-order chi connectivity index (χ0) is 41.2. The SMILES string of the molecule is CNc1cc(-c2cnn(-c3ccc(C(=O)NCCCCCCCCc4cccc5c4n(C)c(=O)n5C4CCC(=O)NC4=O)cc3)c2)nn2c(C(=O)N[C@@H]3C[C@@H]3F)cnc12. The third-order valence-electron chi connectivity index (χ3n) is 11.1. The molecule has 4 N–H and O–H groups in total. The number of piperidine rings is 1. The Labute approximate surface area is 338 Å². The van der Waals surface area contributed by atoms with Crippen LogP contribution in [0.1, 0.15) is 90.2 Å². The number of hydrogen-bond acceptors (Lipinski definition) is 9. The number of anilines is 1. The van der Waals surface area contributed by atoms with Gasteiger partial charge in [-0.05, 0) is 67.6 Å². The predicted molar refractivity (Wildman–Crippen MR) is 218 cm³/mol. The van der Waals surface area contributed by atoms with Gasteiger partial charge in [0.15, 0.2) is 11.3 Å². The summed E-state index contributed by atoms with van der Waals surface area (Å²) in [6.45, 7) is 0.576. The third kappa shape index (κ3) is 8.09. The summed E-state index contributed by atoms with van der Waals surface area (Å²) >= 11 is 0. The minimum Gasteiger partial charge on any atom is -0.385 e. The highest BCUT2D eigenvalue weighted by Crippen LogP contribution is 2.28. The molecule has 17 heteroatoms. The number of nitrogens with zero attached hydrogens (tertiary/aromatic N) is 7. The summed E-state index contributed by atoms with van der Waals surface area (Å²) in [4.78, 5) is 67.5. The molecule has 4 amide bonds. The Bertz CT molecular complexity index is 2620. The van der Waals surface area contributed by atoms with Crippen LogP contribution >= 0.6 is 0 Å². The molecule has 1 saturated heterocycles. The van der Waals surface area contributed by atoms with E-state index in [4.69, 9.17) is 0 Å². The third-order valence-corrected chi connectivity index (χ3v) is 11.1. The first-order valence-corrected chi connectivity index (χ1v) is 20.1. The van der Waals surface area contributed by atoms with Crippen LogP contribution in [0.15, 0.2) is 71.9 Å². The fraction of sp³-hybridized carbons (Fsp3) is 0.381. The highest BCUT2D eigenvalue weighted by Gasteiger charge is 2.39. The molecule has 2 aliphatic rings. The van der Waals surface area contributed by atoms with Crippen molar-refractivity contribution < 1.29 is 23.6 Å². The van der Waals surface area contributed by atoms with E-state index in [-0.39, 0.29) is 29.6 Å². The monoisotopic (exact) mass is 803 g/mol. The number of para-hydroxylation sites is 1. The number of benzene rings is 2. The van der Waals surface area contributed by atoms with E-state index in [2.05, 4.69) is 36.4 Å². The first kappa shape index (κ1) is 39.2. The first-order valence-electron chi connectivity index (χ1n) is 20.1. The van der Waals surface area contributed by atoms with Crippen LogP contribution in [-0.2, 0) is 23.1 Å². The summed E-state index contributed by atoms with van der Waals surface area (Å²) in [6, 6.07) is 13.6. The Morgan fingerprint density at radius 3 is 2.47 bits per heavy atom. The minimum atomic E-state index is -1.03. The second-order valence-corrected chi connectivity index (χ2v) is 15.2. The lowest BCUT2D eigenvalue weighted by Gasteiger charge is -2.21. The summed E-state index contributed by atoms with van der Waals surface area (Å²) in [5.74, 6) is -1.33. The molecule has 0 radical (unpaired) electrons. The molecule has 1 unspecified atom stereocenters. The molecule has 3 atom stereocenters. The molecule has 1 aliphatic carbocycles. The fourth-order valence-electron chi connectivity index (χ4n) is 7.77. The van der Waals surface area contributed by atoms with Crippen molar-refractivity contribution in [1.29, 1.82) is 0 Å². The van der Waals surface area contributed by atoms with Gasteiger partial charge in [-0.1, -0.05) is 37.8 Å². The molecular formula is C42H46FN11O5. The van der Waals surface area contributed by atoms with Crippen LogP contribution < -0.4 is 27.0 Å². The van der Waals surface area contributed by atoms with E-state index < -0.39 is 30.1 Å². The molecule has 5 heterocycles. The van der Waals surface area contributed by atoms with E-state index >= 15 is 0 Å². The predicted octanol–water partition coefficient (Wildman–Crippen LogP) is 4.41. The van der Waals surface area contributed by atoms with Crippen LogP contribution in [0.25, 0.3) is 33.6 Å². The smallest absolute Gasteiger partial charge is 0.329 e. The van der Waals surface area contributed by atoms with Gasteiger partial charge in [-0.3, -0.25) is 33.6 Å². The lowest BCUT2D eigenvalue weighted by atomic mass is 10.0. The van der Waals surface area contributed by atoms with Crippen molar-refractivity contribution in [2.24, 2.45) is 7.05 Å². The second-order valence-electron chi connectivity index (χ2n) is 15.2. The number of amides is 4. The zero-order valence-electron chi connectivity index (χ0n) is 32.9. The van der Waals surface area contributed by atoms with E-state index in [0.29, 0.717) is 53.1 Å². The van der Waals surface area contributed by atoms with Gasteiger partial charge < -0.3 is 16.0 Å². The lowest BCUT2D eigenvalue weighted by Crippen LogP contribution is -2.44. The van der Waals surface area contributed by atoms with Crippen molar-refractivity contribution in [2.45, 2.75) is 82.5 Å². The fourth-order valence-corrected chi connectivity index (χ4v) is 7.77. The summed E-state index contributed by atoms with van der Waals surface area (Å²) in [5, 5.41) is 20.3. The van der Waals surface area contributed by atoms with Crippen LogP contribution in [0, 0.1) is 0 Å². The number of imide groups is 1. The van der Waals surface area contributed by atoms with Gasteiger partial charge in [-0.2, -0.15) is 10.2 Å². The van der Waals surface area contributed by atoms with Gasteiger partial charge in [0.05, 0.1) is 46.5 Å². The van der Waals surface area contributed by atoms with Crippen LogP contribution in [0.2, 0.25) is 0 Å². The standard InChI is InChI=1S/C42H46FN11O5/c1-44-32-21-30(50-54-35(23-46-38(32)54)41(58)48-31-20-29(31)43)27-22-47-52(24-27)28-15-13-26(14-16-28)39(56)45-19-8-6-4-3-5-7-10-25-11-9-12-33-37(25)51(2)42(59)53(33)34-17-18-36(55)49-40(34)57/h9,11-16,21-24,29,31,34,44H,3-8,10,17-20H2,1-2H3,(H,45,56)(H,48,58)(H,49,55,57)/t29-,31+,34?/m0/s1. The molecule has 2 aromatic carbocycles. The van der Waals surface area contributed by atoms with Gasteiger partial charge in [0.2, 0.25) is 11.8 Å². The number of aryl methyl sites for hydroxylation is 2. The molecule has 306 valence electrons. The Morgan fingerprint density at radius 2 is 1.73 bits per heavy atom. The quantitative estimate of drug-likeness (QED) is 0.0811. The number of nitrogens with one attached hydrogen (secondary N) is 4. The topological polar surface area (TPSA) is 191 Å². The molecule has 59 heavy (non-hydrogen) atoms. The average molecular weight is 804 g/mol. The number of rotatable bonds is 16. The first-order chi connectivity index (χ1) is 28.6. The van der Waals surface area contributed by atoms with Gasteiger partial charge in [-0.25, -0.2) is 23.4 Å². The largest absolute Gasteiger partial charge is 0.385 e. The molecule has 4 aromatic heterocycles. The van der Waals surface area contributed by atoms with Crippen LogP contribution in [-0.4, -0.2) is 82.9 Å². The van der Waals surface area contributed by atoms with Crippen LogP contribution in [0.3, 0.4) is 0 Å². The average Bonchev–Trinajstić information content (AvgIpc) is 3.56. The molecule has 2 fully saturated rings. The number of halogens is 1. The second kappa shape index (κ2) is 16.7. The molecule has 1 saturated carbocycles. The van der Waals surface area contributed by atoms with Crippen molar-refractivity contribution in [3.8, 4) is 16.9 Å². The van der Waals surface area contributed by atoms with E-state index in [9.17, 15) is 28.4 Å². The maximum atomic E-state index is 13.4. The van der Waals surface area contributed by atoms with E-state index in [1.54, 1.807) is 41.7 Å². The van der Waals surface area contributed by atoms with Gasteiger partial charge in [-0.15, -0.1) is 0 Å². The number of hydrogen-bond donors (Lipinski definition) is 4. The van der Waals surface area contributed by atoms with Crippen molar-refractivity contribution in [3.05, 3.63) is 94.4 Å². The molecule has 0 spiro atoms. The maximum absolute atomic E-state index is 13.4. The Kier molecular flexibility index (Phi) is 11.1. The summed E-state index contributed by atoms with van der Waals surface area (Å²) < 4.78 is 19.7. The summed E-state index contributed by atoms with van der Waals surface area (Å²) in [5.41, 5.74) is 6.22. The van der Waals surface area contributed by atoms with Crippen LogP contribution in [0.5, 0.6) is 0 Å². The number of carbonyl (C=O) groups excluding carboxylic acids is 4. The van der Waals surface area contributed by atoms with Crippen LogP contribution in [0.4, 0.5) is 10.1 Å². The van der Waals surface area contributed by atoms with Gasteiger partial charge in [0.1, 0.15) is 12.2 Å². The van der Waals surface area contributed by atoms with E-state index in [1.165, 1.54) is 15.3 Å². The molecular weight excluding hydrogens is 758 g/mol. The van der Waals surface area contributed by atoms with Gasteiger partial charge >= 0.3 is 5.69 Å². The number of unbranched alkanes of at least 4 members (excludes halogenated alkanes) is 5. The Hall–Kier alpha value is -6.65. The van der Waals surface area contributed by atoms with E-state index in [0.717, 1.165) is 61.7 Å². The molecule has 16 nitrogen and oxygen atoms in total. The maximum Gasteiger partial charge on any atom is 0.329 e. The Morgan fingerprint density at radius 1 is 0.966 bits per heavy atom. The number of fused-ring (bicyclic) bond motifs is 2. The lowest BCUT2D eigenvalue weighted by molar-refractivity contribution is -0.135. The van der Waals surface area contributed by atoms with Crippen molar-refractivity contribution in [2.75, 3.05) is 18.9 Å².